The molecule has 0 radical (unpaired) electrons. The number of halogens is 3. The van der Waals surface area contributed by atoms with E-state index in [0.717, 1.165) is 16.7 Å². The smallest absolute Gasteiger partial charge is 0.332 e. The third kappa shape index (κ3) is 4.86. The molecule has 0 fully saturated rings. The molecule has 0 saturated heterocycles. The van der Waals surface area contributed by atoms with Gasteiger partial charge < -0.3 is 10.5 Å². The van der Waals surface area contributed by atoms with Crippen LogP contribution in [0.25, 0.3) is 0 Å². The van der Waals surface area contributed by atoms with Gasteiger partial charge in [0.1, 0.15) is 27.9 Å². The molecule has 2 rings (SSSR count). The molecule has 1 aromatic heterocycles. The highest BCUT2D eigenvalue weighted by atomic mass is 79.9. The molecule has 2 atom stereocenters. The zero-order chi connectivity index (χ0) is 23.0. The lowest BCUT2D eigenvalue weighted by Crippen LogP contribution is -2.49. The molecule has 2 N–H and O–H groups in total. The lowest BCUT2D eigenvalue weighted by atomic mass is 10.1. The summed E-state index contributed by atoms with van der Waals surface area (Å²) < 4.78 is 35.2. The van der Waals surface area contributed by atoms with Crippen molar-refractivity contribution < 1.29 is 18.3 Å². The van der Waals surface area contributed by atoms with Crippen LogP contribution in [0.2, 0.25) is 0 Å². The zero-order valence-electron chi connectivity index (χ0n) is 17.3. The Labute approximate surface area is 180 Å². The Morgan fingerprint density at radius 2 is 1.77 bits per heavy atom. The third-order valence-electron chi connectivity index (χ3n) is 4.53. The molecule has 1 unspecified atom stereocenters. The van der Waals surface area contributed by atoms with Gasteiger partial charge in [-0.05, 0) is 62.7 Å². The summed E-state index contributed by atoms with van der Waals surface area (Å²) in [4.78, 5) is 38.2. The van der Waals surface area contributed by atoms with Crippen LogP contribution in [-0.4, -0.2) is 20.7 Å². The molecule has 10 heteroatoms. The minimum Gasteiger partial charge on any atom is -0.460 e. The Bertz CT molecular complexity index is 1070. The predicted molar refractivity (Wildman–Crippen MR) is 111 cm³/mol. The van der Waals surface area contributed by atoms with Crippen molar-refractivity contribution in [2.75, 3.05) is 0 Å². The van der Waals surface area contributed by atoms with Gasteiger partial charge in [0.25, 0.3) is 5.56 Å². The van der Waals surface area contributed by atoms with E-state index in [1.54, 1.807) is 20.8 Å². The van der Waals surface area contributed by atoms with E-state index in [9.17, 15) is 23.2 Å². The quantitative estimate of drug-likeness (QED) is 0.654. The van der Waals surface area contributed by atoms with Crippen molar-refractivity contribution >= 4 is 21.9 Å². The molecule has 1 aromatic carbocycles. The van der Waals surface area contributed by atoms with Gasteiger partial charge in [-0.25, -0.2) is 18.1 Å². The summed E-state index contributed by atoms with van der Waals surface area (Å²) in [6.45, 7) is 7.45. The number of rotatable bonds is 5. The molecule has 0 amide bonds. The number of ether oxygens (including phenoxy) is 1. The Morgan fingerprint density at radius 1 is 1.23 bits per heavy atom. The second kappa shape index (κ2) is 8.81. The fourth-order valence-electron chi connectivity index (χ4n) is 2.79. The van der Waals surface area contributed by atoms with Crippen LogP contribution in [-0.2, 0) is 16.1 Å². The van der Waals surface area contributed by atoms with Crippen LogP contribution in [0, 0.1) is 24.5 Å². The van der Waals surface area contributed by atoms with Crippen molar-refractivity contribution in [3.63, 3.8) is 0 Å². The summed E-state index contributed by atoms with van der Waals surface area (Å²) in [5, 5.41) is 0. The van der Waals surface area contributed by atoms with Gasteiger partial charge in [-0.15, -0.1) is 0 Å². The maximum Gasteiger partial charge on any atom is 0.332 e. The lowest BCUT2D eigenvalue weighted by Gasteiger charge is -2.26. The highest BCUT2D eigenvalue weighted by Gasteiger charge is 2.31. The summed E-state index contributed by atoms with van der Waals surface area (Å²) in [7, 11) is 0. The number of carbonyl (C=O) groups is 1. The Morgan fingerprint density at radius 3 is 2.27 bits per heavy atom. The molecule has 0 aliphatic carbocycles. The molecule has 164 valence electrons. The van der Waals surface area contributed by atoms with Gasteiger partial charge in [-0.2, -0.15) is 0 Å². The predicted octanol–water partition coefficient (Wildman–Crippen LogP) is 2.84. The fraction of sp³-hybridized carbons (Fsp3) is 0.450. The second-order valence-corrected chi connectivity index (χ2v) is 8.75. The second-order valence-electron chi connectivity index (χ2n) is 7.96. The van der Waals surface area contributed by atoms with Crippen LogP contribution >= 0.6 is 15.9 Å². The molecule has 0 spiro atoms. The number of nitrogens with two attached hydrogens (primary N) is 1. The van der Waals surface area contributed by atoms with Crippen LogP contribution in [0.4, 0.5) is 8.78 Å². The van der Waals surface area contributed by atoms with Crippen LogP contribution in [0.5, 0.6) is 0 Å². The summed E-state index contributed by atoms with van der Waals surface area (Å²) in [5.41, 5.74) is 3.47. The first kappa shape index (κ1) is 23.9. The maximum absolute atomic E-state index is 14.1. The van der Waals surface area contributed by atoms with Crippen LogP contribution < -0.4 is 17.0 Å². The van der Waals surface area contributed by atoms with Gasteiger partial charge in [-0.1, -0.05) is 6.07 Å². The van der Waals surface area contributed by atoms with E-state index >= 15 is 0 Å². The number of hydrogen-bond donors (Lipinski definition) is 1. The Hall–Kier alpha value is -2.33. The largest absolute Gasteiger partial charge is 0.460 e. The minimum atomic E-state index is -1.35. The summed E-state index contributed by atoms with van der Waals surface area (Å²) in [6.07, 6.45) is -1.35. The van der Waals surface area contributed by atoms with Crippen molar-refractivity contribution in [1.29, 1.82) is 0 Å². The average Bonchev–Trinajstić information content (AvgIpc) is 2.63. The highest BCUT2D eigenvalue weighted by Crippen LogP contribution is 2.19. The summed E-state index contributed by atoms with van der Waals surface area (Å²) in [5.74, 6) is -3.39. The lowest BCUT2D eigenvalue weighted by molar-refractivity contribution is -0.161. The number of esters is 1. The SMILES string of the molecule is Cc1c(Br)c(=O)n([C@@H](N)C(C)C(=O)OC(C)(C)C)c(=O)n1Cc1c(F)cccc1F. The number of benzene rings is 1. The summed E-state index contributed by atoms with van der Waals surface area (Å²) in [6, 6.07) is 3.35. The van der Waals surface area contributed by atoms with Crippen LogP contribution in [0.15, 0.2) is 32.3 Å². The normalized spacial score (nSPS) is 13.8. The van der Waals surface area contributed by atoms with Gasteiger partial charge >= 0.3 is 11.7 Å². The number of carbonyl (C=O) groups excluding carboxylic acids is 1. The van der Waals surface area contributed by atoms with Crippen LogP contribution in [0.1, 0.15) is 45.1 Å². The molecular formula is C20H24BrF2N3O4. The summed E-state index contributed by atoms with van der Waals surface area (Å²) >= 11 is 3.12. The van der Waals surface area contributed by atoms with Crippen molar-refractivity contribution in [3.05, 3.63) is 66.4 Å². The molecule has 0 aliphatic heterocycles. The molecular weight excluding hydrogens is 464 g/mol. The standard InChI is InChI=1S/C20H24BrF2N3O4/c1-10(18(28)30-20(3,4)5)16(24)26-17(27)15(21)11(2)25(19(26)29)9-12-13(22)7-6-8-14(12)23/h6-8,10,16H,9,24H2,1-5H3/t10?,16-/m1/s1. The average molecular weight is 488 g/mol. The van der Waals surface area contributed by atoms with E-state index in [-0.39, 0.29) is 15.7 Å². The van der Waals surface area contributed by atoms with Crippen molar-refractivity contribution in [2.24, 2.45) is 11.7 Å². The van der Waals surface area contributed by atoms with Crippen molar-refractivity contribution in [2.45, 2.75) is 52.9 Å². The van der Waals surface area contributed by atoms with E-state index < -0.39 is 53.1 Å². The van der Waals surface area contributed by atoms with Gasteiger partial charge in [-0.3, -0.25) is 14.2 Å². The van der Waals surface area contributed by atoms with Crippen molar-refractivity contribution in [3.8, 4) is 0 Å². The van der Waals surface area contributed by atoms with E-state index in [1.165, 1.54) is 19.9 Å². The molecule has 0 saturated carbocycles. The zero-order valence-corrected chi connectivity index (χ0v) is 18.9. The van der Waals surface area contributed by atoms with Gasteiger partial charge in [0.2, 0.25) is 0 Å². The third-order valence-corrected chi connectivity index (χ3v) is 5.45. The van der Waals surface area contributed by atoms with E-state index in [4.69, 9.17) is 10.5 Å². The monoisotopic (exact) mass is 487 g/mol. The first-order valence-electron chi connectivity index (χ1n) is 9.19. The highest BCUT2D eigenvalue weighted by molar-refractivity contribution is 9.10. The molecule has 7 nitrogen and oxygen atoms in total. The topological polar surface area (TPSA) is 96.3 Å². The molecule has 30 heavy (non-hydrogen) atoms. The van der Waals surface area contributed by atoms with E-state index in [1.807, 2.05) is 0 Å². The Balaban J connectivity index is 2.58. The van der Waals surface area contributed by atoms with Crippen molar-refractivity contribution in [1.82, 2.24) is 9.13 Å². The first-order valence-corrected chi connectivity index (χ1v) is 9.98. The number of hydrogen-bond acceptors (Lipinski definition) is 5. The Kier molecular flexibility index (Phi) is 7.03. The maximum atomic E-state index is 14.1. The van der Waals surface area contributed by atoms with Gasteiger partial charge in [0, 0.05) is 11.3 Å². The number of aromatic nitrogens is 2. The minimum absolute atomic E-state index is 0.00862. The fourth-order valence-corrected chi connectivity index (χ4v) is 3.19. The molecule has 1 heterocycles. The van der Waals surface area contributed by atoms with Crippen LogP contribution in [0.3, 0.4) is 0 Å². The van der Waals surface area contributed by atoms with E-state index in [0.29, 0.717) is 4.57 Å². The van der Waals surface area contributed by atoms with E-state index in [2.05, 4.69) is 15.9 Å². The first-order chi connectivity index (χ1) is 13.8. The molecule has 0 bridgehead atoms. The van der Waals surface area contributed by atoms with Gasteiger partial charge in [0.05, 0.1) is 12.5 Å². The number of nitrogens with zero attached hydrogens (tertiary/aromatic N) is 2. The van der Waals surface area contributed by atoms with Gasteiger partial charge in [0.15, 0.2) is 0 Å². The molecule has 0 aliphatic rings. The molecule has 2 aromatic rings.